The lowest BCUT2D eigenvalue weighted by Gasteiger charge is -2.12. The van der Waals surface area contributed by atoms with Crippen LogP contribution < -0.4 is 5.69 Å². The number of rotatable bonds is 4. The molecule has 0 radical (unpaired) electrons. The van der Waals surface area contributed by atoms with Gasteiger partial charge in [-0.15, -0.1) is 0 Å². The van der Waals surface area contributed by atoms with Crippen LogP contribution in [0.15, 0.2) is 71.9 Å². The van der Waals surface area contributed by atoms with E-state index in [9.17, 15) is 4.79 Å². The summed E-state index contributed by atoms with van der Waals surface area (Å²) in [6.07, 6.45) is 3.35. The van der Waals surface area contributed by atoms with Crippen molar-refractivity contribution in [2.24, 2.45) is 0 Å². The summed E-state index contributed by atoms with van der Waals surface area (Å²) in [4.78, 5) is 28.9. The van der Waals surface area contributed by atoms with E-state index in [2.05, 4.69) is 39.0 Å². The molecule has 2 aromatic carbocycles. The molecule has 5 aromatic rings. The van der Waals surface area contributed by atoms with E-state index in [1.807, 2.05) is 47.0 Å². The number of fused-ring (bicyclic) bond motifs is 2. The predicted octanol–water partition coefficient (Wildman–Crippen LogP) is 3.26. The van der Waals surface area contributed by atoms with Crippen LogP contribution in [0.2, 0.25) is 0 Å². The normalized spacial score (nSPS) is 12.6. The molecule has 1 unspecified atom stereocenters. The molecule has 5 rings (SSSR count). The van der Waals surface area contributed by atoms with E-state index in [0.717, 1.165) is 11.0 Å². The van der Waals surface area contributed by atoms with Crippen LogP contribution in [0, 0.1) is 0 Å². The van der Waals surface area contributed by atoms with Gasteiger partial charge < -0.3 is 4.98 Å². The number of nitrogens with zero attached hydrogens (tertiary/aromatic N) is 5. The fourth-order valence-electron chi connectivity index (χ4n) is 3.50. The van der Waals surface area contributed by atoms with Crippen LogP contribution in [-0.4, -0.2) is 29.1 Å². The highest BCUT2D eigenvalue weighted by Crippen LogP contribution is 2.20. The van der Waals surface area contributed by atoms with Crippen LogP contribution in [-0.2, 0) is 6.54 Å². The summed E-state index contributed by atoms with van der Waals surface area (Å²) in [5.74, 6) is 0.659. The molecule has 28 heavy (non-hydrogen) atoms. The first-order valence-electron chi connectivity index (χ1n) is 9.13. The highest BCUT2D eigenvalue weighted by atomic mass is 16.1. The molecule has 0 saturated heterocycles. The molecule has 0 aliphatic rings. The van der Waals surface area contributed by atoms with Gasteiger partial charge in [-0.1, -0.05) is 49.4 Å². The maximum atomic E-state index is 12.5. The Bertz CT molecular complexity index is 1330. The van der Waals surface area contributed by atoms with Crippen LogP contribution in [0.4, 0.5) is 0 Å². The lowest BCUT2D eigenvalue weighted by atomic mass is 10.0. The molecule has 0 fully saturated rings. The monoisotopic (exact) mass is 370 g/mol. The highest BCUT2D eigenvalue weighted by Gasteiger charge is 2.15. The smallest absolute Gasteiger partial charge is 0.303 e. The first-order chi connectivity index (χ1) is 13.7. The van der Waals surface area contributed by atoms with Gasteiger partial charge in [-0.3, -0.25) is 9.13 Å². The van der Waals surface area contributed by atoms with Crippen LogP contribution in [0.25, 0.3) is 28.1 Å². The Morgan fingerprint density at radius 1 is 1.04 bits per heavy atom. The van der Waals surface area contributed by atoms with E-state index < -0.39 is 0 Å². The Morgan fingerprint density at radius 3 is 2.68 bits per heavy atom. The third-order valence-corrected chi connectivity index (χ3v) is 4.99. The zero-order valence-corrected chi connectivity index (χ0v) is 15.3. The highest BCUT2D eigenvalue weighted by molar-refractivity contribution is 5.77. The Labute approximate surface area is 160 Å². The van der Waals surface area contributed by atoms with Gasteiger partial charge in [-0.05, 0) is 23.6 Å². The number of benzene rings is 2. The maximum absolute atomic E-state index is 12.5. The van der Waals surface area contributed by atoms with Crippen LogP contribution >= 0.6 is 0 Å². The van der Waals surface area contributed by atoms with Crippen molar-refractivity contribution in [2.45, 2.75) is 19.4 Å². The summed E-state index contributed by atoms with van der Waals surface area (Å²) in [6, 6.07) is 18.0. The van der Waals surface area contributed by atoms with Gasteiger partial charge in [0.25, 0.3) is 0 Å². The molecular formula is C21H18N6O. The lowest BCUT2D eigenvalue weighted by molar-refractivity contribution is 0.592. The SMILES string of the molecule is CC(Cn1c(=O)[nH]c2cnc(-n3cnc4ccccc43)nc21)c1ccccc1. The summed E-state index contributed by atoms with van der Waals surface area (Å²) in [5.41, 5.74) is 4.01. The molecule has 3 heterocycles. The van der Waals surface area contributed by atoms with E-state index in [1.54, 1.807) is 17.1 Å². The second-order valence-electron chi connectivity index (χ2n) is 6.86. The number of imidazole rings is 2. The van der Waals surface area contributed by atoms with E-state index in [4.69, 9.17) is 0 Å². The summed E-state index contributed by atoms with van der Waals surface area (Å²) < 4.78 is 3.51. The van der Waals surface area contributed by atoms with Crippen LogP contribution in [0.5, 0.6) is 0 Å². The van der Waals surface area contributed by atoms with E-state index >= 15 is 0 Å². The summed E-state index contributed by atoms with van der Waals surface area (Å²) >= 11 is 0. The third-order valence-electron chi connectivity index (χ3n) is 4.99. The molecule has 0 bridgehead atoms. The van der Waals surface area contributed by atoms with E-state index in [-0.39, 0.29) is 11.6 Å². The van der Waals surface area contributed by atoms with Gasteiger partial charge in [0.2, 0.25) is 5.95 Å². The van der Waals surface area contributed by atoms with Crippen molar-refractivity contribution >= 4 is 22.2 Å². The lowest BCUT2D eigenvalue weighted by Crippen LogP contribution is -2.20. The number of aromatic nitrogens is 6. The largest absolute Gasteiger partial charge is 0.327 e. The summed E-state index contributed by atoms with van der Waals surface area (Å²) in [6.45, 7) is 2.63. The zero-order valence-electron chi connectivity index (χ0n) is 15.3. The second kappa shape index (κ2) is 6.45. The van der Waals surface area contributed by atoms with Crippen molar-refractivity contribution in [3.05, 3.63) is 83.2 Å². The number of nitrogens with one attached hydrogen (secondary N) is 1. The van der Waals surface area contributed by atoms with Crippen molar-refractivity contribution in [2.75, 3.05) is 0 Å². The molecule has 0 aliphatic carbocycles. The Balaban J connectivity index is 1.60. The Hall–Kier alpha value is -3.74. The van der Waals surface area contributed by atoms with Gasteiger partial charge in [0.15, 0.2) is 5.65 Å². The summed E-state index contributed by atoms with van der Waals surface area (Å²) in [7, 11) is 0. The number of para-hydroxylation sites is 2. The van der Waals surface area contributed by atoms with Crippen molar-refractivity contribution in [3.8, 4) is 5.95 Å². The maximum Gasteiger partial charge on any atom is 0.327 e. The minimum absolute atomic E-state index is 0.172. The van der Waals surface area contributed by atoms with E-state index in [0.29, 0.717) is 23.7 Å². The van der Waals surface area contributed by atoms with Crippen molar-refractivity contribution < 1.29 is 0 Å². The summed E-state index contributed by atoms with van der Waals surface area (Å²) in [5, 5.41) is 0. The molecule has 7 nitrogen and oxygen atoms in total. The minimum Gasteiger partial charge on any atom is -0.303 e. The average molecular weight is 370 g/mol. The molecule has 1 N–H and O–H groups in total. The fraction of sp³-hybridized carbons (Fsp3) is 0.143. The van der Waals surface area contributed by atoms with Gasteiger partial charge in [0.05, 0.1) is 17.2 Å². The number of hydrogen-bond donors (Lipinski definition) is 1. The van der Waals surface area contributed by atoms with Crippen molar-refractivity contribution in [3.63, 3.8) is 0 Å². The number of H-pyrrole nitrogens is 1. The quantitative estimate of drug-likeness (QED) is 0.526. The molecule has 0 saturated carbocycles. The molecule has 7 heteroatoms. The fourth-order valence-corrected chi connectivity index (χ4v) is 3.50. The molecule has 1 atom stereocenters. The number of aromatic amines is 1. The van der Waals surface area contributed by atoms with Gasteiger partial charge >= 0.3 is 5.69 Å². The molecule has 138 valence electrons. The molecular weight excluding hydrogens is 352 g/mol. The molecule has 0 aliphatic heterocycles. The van der Waals surface area contributed by atoms with Crippen LogP contribution in [0.3, 0.4) is 0 Å². The van der Waals surface area contributed by atoms with Gasteiger partial charge in [0, 0.05) is 6.54 Å². The van der Waals surface area contributed by atoms with Crippen molar-refractivity contribution in [1.29, 1.82) is 0 Å². The topological polar surface area (TPSA) is 81.4 Å². The Kier molecular flexibility index (Phi) is 3.79. The van der Waals surface area contributed by atoms with Gasteiger partial charge in [0.1, 0.15) is 11.8 Å². The van der Waals surface area contributed by atoms with Gasteiger partial charge in [-0.25, -0.2) is 14.8 Å². The average Bonchev–Trinajstić information content (AvgIpc) is 3.29. The van der Waals surface area contributed by atoms with Crippen LogP contribution in [0.1, 0.15) is 18.4 Å². The number of hydrogen-bond acceptors (Lipinski definition) is 4. The standard InChI is InChI=1S/C21H18N6O/c1-14(15-7-3-2-4-8-15)12-26-19-17(24-21(26)28)11-22-20(25-19)27-13-23-16-9-5-6-10-18(16)27/h2-11,13-14H,12H2,1H3,(H,24,28). The molecule has 0 amide bonds. The minimum atomic E-state index is -0.181. The van der Waals surface area contributed by atoms with E-state index in [1.165, 1.54) is 5.56 Å². The third kappa shape index (κ3) is 2.68. The molecule has 3 aromatic heterocycles. The predicted molar refractivity (Wildman–Crippen MR) is 108 cm³/mol. The Morgan fingerprint density at radius 2 is 1.82 bits per heavy atom. The second-order valence-corrected chi connectivity index (χ2v) is 6.86. The zero-order chi connectivity index (χ0) is 19.1. The molecule has 0 spiro atoms. The van der Waals surface area contributed by atoms with Crippen molar-refractivity contribution in [1.82, 2.24) is 29.1 Å². The first-order valence-corrected chi connectivity index (χ1v) is 9.13. The van der Waals surface area contributed by atoms with Gasteiger partial charge in [-0.2, -0.15) is 4.98 Å². The first kappa shape index (κ1) is 16.4.